The zero-order chi connectivity index (χ0) is 16.8. The number of aromatic amines is 2. The quantitative estimate of drug-likeness (QED) is 0.585. The minimum atomic E-state index is -0.164. The van der Waals surface area contributed by atoms with E-state index in [0.717, 1.165) is 22.0 Å². The summed E-state index contributed by atoms with van der Waals surface area (Å²) in [6, 6.07) is 11.0. The number of nitrogens with one attached hydrogen (secondary N) is 2. The lowest BCUT2D eigenvalue weighted by Gasteiger charge is -2.09. The summed E-state index contributed by atoms with van der Waals surface area (Å²) in [7, 11) is 0. The zero-order valence-electron chi connectivity index (χ0n) is 12.9. The van der Waals surface area contributed by atoms with E-state index in [1.54, 1.807) is 18.2 Å². The molecule has 0 aliphatic carbocycles. The number of aromatic nitrogens is 3. The van der Waals surface area contributed by atoms with Crippen LogP contribution in [0.2, 0.25) is 5.02 Å². The Kier molecular flexibility index (Phi) is 3.22. The number of benzene rings is 2. The van der Waals surface area contributed by atoms with Crippen LogP contribution < -0.4 is 5.56 Å². The van der Waals surface area contributed by atoms with Crippen LogP contribution >= 0.6 is 11.6 Å². The van der Waals surface area contributed by atoms with E-state index in [4.69, 9.17) is 16.9 Å². The highest BCUT2D eigenvalue weighted by molar-refractivity contribution is 6.32. The van der Waals surface area contributed by atoms with E-state index in [2.05, 4.69) is 16.2 Å². The lowest BCUT2D eigenvalue weighted by molar-refractivity contribution is 0.675. The van der Waals surface area contributed by atoms with Crippen molar-refractivity contribution in [2.45, 2.75) is 13.5 Å². The van der Waals surface area contributed by atoms with Gasteiger partial charge in [-0.15, -0.1) is 0 Å². The molecule has 0 amide bonds. The molecule has 0 bridgehead atoms. The summed E-state index contributed by atoms with van der Waals surface area (Å²) in [6.07, 6.45) is 1.87. The van der Waals surface area contributed by atoms with Gasteiger partial charge in [-0.2, -0.15) is 5.26 Å². The van der Waals surface area contributed by atoms with E-state index in [9.17, 15) is 4.79 Å². The molecule has 6 heteroatoms. The van der Waals surface area contributed by atoms with Crippen molar-refractivity contribution in [3.8, 4) is 6.07 Å². The van der Waals surface area contributed by atoms with Crippen LogP contribution in [-0.4, -0.2) is 14.8 Å². The van der Waals surface area contributed by atoms with Gasteiger partial charge < -0.3 is 4.98 Å². The molecule has 2 aromatic heterocycles. The van der Waals surface area contributed by atoms with Crippen molar-refractivity contribution in [1.82, 2.24) is 14.8 Å². The third-order valence-electron chi connectivity index (χ3n) is 4.29. The van der Waals surface area contributed by atoms with Crippen molar-refractivity contribution < 1.29 is 0 Å². The van der Waals surface area contributed by atoms with Crippen LogP contribution in [0.15, 0.2) is 41.3 Å². The Morgan fingerprint density at radius 3 is 2.88 bits per heavy atom. The van der Waals surface area contributed by atoms with Crippen molar-refractivity contribution in [3.05, 3.63) is 68.6 Å². The van der Waals surface area contributed by atoms with Gasteiger partial charge in [-0.05, 0) is 42.8 Å². The number of hydrogen-bond donors (Lipinski definition) is 2. The molecule has 0 unspecified atom stereocenters. The molecule has 2 aromatic carbocycles. The normalized spacial score (nSPS) is 11.2. The molecule has 4 aromatic rings. The number of nitriles is 1. The van der Waals surface area contributed by atoms with Crippen molar-refractivity contribution in [2.24, 2.45) is 0 Å². The fourth-order valence-corrected chi connectivity index (χ4v) is 3.41. The summed E-state index contributed by atoms with van der Waals surface area (Å²) in [4.78, 5) is 15.8. The Morgan fingerprint density at radius 1 is 1.25 bits per heavy atom. The van der Waals surface area contributed by atoms with E-state index in [1.807, 2.05) is 25.3 Å². The molecule has 24 heavy (non-hydrogen) atoms. The van der Waals surface area contributed by atoms with Gasteiger partial charge in [0, 0.05) is 27.7 Å². The topological polar surface area (TPSA) is 77.4 Å². The minimum absolute atomic E-state index is 0.164. The number of nitrogens with zero attached hydrogens (tertiary/aromatic N) is 2. The number of fused-ring (bicyclic) bond motifs is 2. The fourth-order valence-electron chi connectivity index (χ4n) is 3.09. The molecule has 2 N–H and O–H groups in total. The van der Waals surface area contributed by atoms with E-state index < -0.39 is 0 Å². The number of hydrogen-bond acceptors (Lipinski definition) is 2. The lowest BCUT2D eigenvalue weighted by Crippen LogP contribution is -2.17. The van der Waals surface area contributed by atoms with E-state index >= 15 is 0 Å². The maximum Gasteiger partial charge on any atom is 0.274 e. The Bertz CT molecular complexity index is 1190. The largest absolute Gasteiger partial charge is 0.361 e. The molecule has 0 saturated carbocycles. The summed E-state index contributed by atoms with van der Waals surface area (Å²) < 4.78 is 1.52. The minimum Gasteiger partial charge on any atom is -0.361 e. The molecule has 0 radical (unpaired) electrons. The first-order valence-corrected chi connectivity index (χ1v) is 7.84. The summed E-state index contributed by atoms with van der Waals surface area (Å²) >= 11 is 6.43. The van der Waals surface area contributed by atoms with Crippen molar-refractivity contribution in [3.63, 3.8) is 0 Å². The molecule has 0 aliphatic heterocycles. The van der Waals surface area contributed by atoms with Crippen molar-refractivity contribution in [1.29, 1.82) is 5.26 Å². The monoisotopic (exact) mass is 336 g/mol. The average molecular weight is 337 g/mol. The standard InChI is InChI=1S/C18H13ClN4O/c1-10-6-15(19)14(12-4-5-21-17(10)12)9-23-18(24)13-7-11(8-20)2-3-16(13)22-23/h2-7,21-22H,9H2,1H3. The average Bonchev–Trinajstić information content (AvgIpc) is 3.17. The first kappa shape index (κ1) is 14.6. The summed E-state index contributed by atoms with van der Waals surface area (Å²) in [5.74, 6) is 0. The van der Waals surface area contributed by atoms with Crippen LogP contribution in [0.25, 0.3) is 21.8 Å². The maximum absolute atomic E-state index is 12.6. The second-order valence-electron chi connectivity index (χ2n) is 5.80. The third-order valence-corrected chi connectivity index (χ3v) is 4.63. The maximum atomic E-state index is 12.6. The molecule has 0 spiro atoms. The second-order valence-corrected chi connectivity index (χ2v) is 6.20. The van der Waals surface area contributed by atoms with Gasteiger partial charge >= 0.3 is 0 Å². The third kappa shape index (κ3) is 2.12. The highest BCUT2D eigenvalue weighted by Gasteiger charge is 2.14. The van der Waals surface area contributed by atoms with Gasteiger partial charge in [-0.3, -0.25) is 9.89 Å². The van der Waals surface area contributed by atoms with Crippen LogP contribution in [0.5, 0.6) is 0 Å². The highest BCUT2D eigenvalue weighted by atomic mass is 35.5. The van der Waals surface area contributed by atoms with Gasteiger partial charge in [0.1, 0.15) is 0 Å². The SMILES string of the molecule is Cc1cc(Cl)c(Cn2[nH]c3ccc(C#N)cc3c2=O)c2cc[nH]c12. The summed E-state index contributed by atoms with van der Waals surface area (Å²) in [5, 5.41) is 14.2. The number of halogens is 1. The van der Waals surface area contributed by atoms with Crippen molar-refractivity contribution in [2.75, 3.05) is 0 Å². The van der Waals surface area contributed by atoms with Gasteiger partial charge in [0.15, 0.2) is 0 Å². The Hall–Kier alpha value is -2.97. The smallest absolute Gasteiger partial charge is 0.274 e. The molecular weight excluding hydrogens is 324 g/mol. The van der Waals surface area contributed by atoms with E-state index in [0.29, 0.717) is 28.0 Å². The van der Waals surface area contributed by atoms with Crippen LogP contribution in [0.3, 0.4) is 0 Å². The lowest BCUT2D eigenvalue weighted by atomic mass is 10.1. The number of rotatable bonds is 2. The second kappa shape index (κ2) is 5.29. The van der Waals surface area contributed by atoms with Gasteiger partial charge in [0.05, 0.1) is 29.1 Å². The van der Waals surface area contributed by atoms with Gasteiger partial charge in [0.25, 0.3) is 5.56 Å². The molecule has 5 nitrogen and oxygen atoms in total. The van der Waals surface area contributed by atoms with Gasteiger partial charge in [-0.1, -0.05) is 11.6 Å². The molecule has 0 aliphatic rings. The number of H-pyrrole nitrogens is 2. The summed E-state index contributed by atoms with van der Waals surface area (Å²) in [5.41, 5.74) is 3.96. The van der Waals surface area contributed by atoms with Crippen LogP contribution in [0.1, 0.15) is 16.7 Å². The Balaban J connectivity index is 1.89. The van der Waals surface area contributed by atoms with E-state index in [-0.39, 0.29) is 5.56 Å². The van der Waals surface area contributed by atoms with Crippen LogP contribution in [0.4, 0.5) is 0 Å². The molecule has 0 fully saturated rings. The fraction of sp³-hybridized carbons (Fsp3) is 0.111. The molecule has 4 rings (SSSR count). The van der Waals surface area contributed by atoms with Crippen molar-refractivity contribution >= 4 is 33.4 Å². The predicted octanol–water partition coefficient (Wildman–Crippen LogP) is 3.69. The predicted molar refractivity (Wildman–Crippen MR) is 94.4 cm³/mol. The molecule has 2 heterocycles. The van der Waals surface area contributed by atoms with Crippen LogP contribution in [-0.2, 0) is 6.54 Å². The zero-order valence-corrected chi connectivity index (χ0v) is 13.6. The van der Waals surface area contributed by atoms with Gasteiger partial charge in [-0.25, -0.2) is 4.68 Å². The molecule has 118 valence electrons. The first-order chi connectivity index (χ1) is 11.6. The molecule has 0 atom stereocenters. The highest BCUT2D eigenvalue weighted by Crippen LogP contribution is 2.29. The number of aryl methyl sites for hydroxylation is 1. The summed E-state index contributed by atoms with van der Waals surface area (Å²) in [6.45, 7) is 2.33. The Morgan fingerprint density at radius 2 is 2.08 bits per heavy atom. The molecule has 0 saturated heterocycles. The first-order valence-electron chi connectivity index (χ1n) is 7.46. The molecular formula is C18H13ClN4O. The Labute approximate surface area is 142 Å². The van der Waals surface area contributed by atoms with Crippen LogP contribution in [0, 0.1) is 18.3 Å². The van der Waals surface area contributed by atoms with E-state index in [1.165, 1.54) is 4.68 Å². The van der Waals surface area contributed by atoms with Gasteiger partial charge in [0.2, 0.25) is 0 Å².